The predicted octanol–water partition coefficient (Wildman–Crippen LogP) is 4.27. The summed E-state index contributed by atoms with van der Waals surface area (Å²) in [4.78, 5) is 11.7. The summed E-state index contributed by atoms with van der Waals surface area (Å²) in [5.41, 5.74) is 0.645. The largest absolute Gasteiger partial charge is 0.433 e. The lowest BCUT2D eigenvalue weighted by atomic mass is 10.2. The number of alkyl halides is 3. The first-order valence-electron chi connectivity index (χ1n) is 7.14. The van der Waals surface area contributed by atoms with Crippen molar-refractivity contribution in [2.75, 3.05) is 11.9 Å². The van der Waals surface area contributed by atoms with Gasteiger partial charge in [-0.2, -0.15) is 24.5 Å². The summed E-state index contributed by atoms with van der Waals surface area (Å²) < 4.78 is 39.2. The highest BCUT2D eigenvalue weighted by Gasteiger charge is 2.33. The Morgan fingerprint density at radius 2 is 1.88 bits per heavy atom. The van der Waals surface area contributed by atoms with Crippen LogP contribution in [0.1, 0.15) is 11.3 Å². The van der Waals surface area contributed by atoms with E-state index in [1.54, 1.807) is 23.5 Å². The number of thiophene rings is 1. The first-order valence-corrected chi connectivity index (χ1v) is 8.08. The summed E-state index contributed by atoms with van der Waals surface area (Å²) in [5.74, 6) is 0.171. The average Bonchev–Trinajstić information content (AvgIpc) is 3.08. The van der Waals surface area contributed by atoms with Gasteiger partial charge in [0.15, 0.2) is 11.5 Å². The summed E-state index contributed by atoms with van der Waals surface area (Å²) in [5, 5.41) is 6.91. The summed E-state index contributed by atoms with van der Waals surface area (Å²) in [7, 11) is 0. The summed E-state index contributed by atoms with van der Waals surface area (Å²) in [6.07, 6.45) is -0.848. The van der Waals surface area contributed by atoms with Crippen molar-refractivity contribution < 1.29 is 13.2 Å². The second kappa shape index (κ2) is 6.96. The number of hydrogen-bond acceptors (Lipinski definition) is 5. The molecule has 0 aliphatic carbocycles. The molecule has 0 radical (unpaired) electrons. The smallest absolute Gasteiger partial charge is 0.370 e. The Morgan fingerprint density at radius 1 is 1.08 bits per heavy atom. The Bertz CT molecular complexity index is 789. The van der Waals surface area contributed by atoms with E-state index in [4.69, 9.17) is 0 Å². The molecule has 0 aromatic carbocycles. The molecule has 0 bridgehead atoms. The van der Waals surface area contributed by atoms with Gasteiger partial charge in [0, 0.05) is 30.6 Å². The molecule has 3 aromatic rings. The fraction of sp³-hybridized carbons (Fsp3) is 0.188. The zero-order valence-corrected chi connectivity index (χ0v) is 13.2. The van der Waals surface area contributed by atoms with E-state index in [9.17, 15) is 13.2 Å². The minimum absolute atomic E-state index is 0.0188. The van der Waals surface area contributed by atoms with E-state index in [0.29, 0.717) is 18.5 Å². The van der Waals surface area contributed by atoms with Gasteiger partial charge in [-0.05, 0) is 40.9 Å². The van der Waals surface area contributed by atoms with Crippen LogP contribution in [0.2, 0.25) is 0 Å². The quantitative estimate of drug-likeness (QED) is 0.746. The lowest BCUT2D eigenvalue weighted by Crippen LogP contribution is -2.13. The van der Waals surface area contributed by atoms with Gasteiger partial charge in [0.2, 0.25) is 0 Å². The molecule has 0 saturated carbocycles. The van der Waals surface area contributed by atoms with Crippen LogP contribution in [0, 0.1) is 0 Å². The lowest BCUT2D eigenvalue weighted by molar-refractivity contribution is -0.141. The van der Waals surface area contributed by atoms with Crippen molar-refractivity contribution in [3.63, 3.8) is 0 Å². The molecule has 3 rings (SSSR count). The van der Waals surface area contributed by atoms with Gasteiger partial charge in [-0.25, -0.2) is 9.97 Å². The molecule has 124 valence electrons. The molecule has 8 heteroatoms. The molecule has 1 N–H and O–H groups in total. The number of pyridine rings is 1. The molecule has 24 heavy (non-hydrogen) atoms. The van der Waals surface area contributed by atoms with E-state index in [0.717, 1.165) is 11.6 Å². The van der Waals surface area contributed by atoms with Gasteiger partial charge in [0.1, 0.15) is 5.82 Å². The van der Waals surface area contributed by atoms with Crippen LogP contribution in [0.4, 0.5) is 19.0 Å². The van der Waals surface area contributed by atoms with Crippen LogP contribution in [0.3, 0.4) is 0 Å². The Balaban J connectivity index is 1.84. The summed E-state index contributed by atoms with van der Waals surface area (Å²) in [6.45, 7) is 0.487. The molecule has 0 saturated heterocycles. The molecule has 0 atom stereocenters. The number of nitrogens with zero attached hydrogens (tertiary/aromatic N) is 3. The van der Waals surface area contributed by atoms with E-state index < -0.39 is 11.9 Å². The number of anilines is 1. The van der Waals surface area contributed by atoms with Crippen molar-refractivity contribution in [2.24, 2.45) is 0 Å². The number of aromatic nitrogens is 3. The molecule has 4 nitrogen and oxygen atoms in total. The van der Waals surface area contributed by atoms with Crippen LogP contribution >= 0.6 is 11.3 Å². The minimum Gasteiger partial charge on any atom is -0.370 e. The van der Waals surface area contributed by atoms with E-state index in [2.05, 4.69) is 20.3 Å². The molecule has 0 spiro atoms. The maximum Gasteiger partial charge on any atom is 0.433 e. The van der Waals surface area contributed by atoms with Crippen molar-refractivity contribution in [1.29, 1.82) is 0 Å². The fourth-order valence-corrected chi connectivity index (χ4v) is 2.79. The summed E-state index contributed by atoms with van der Waals surface area (Å²) >= 11 is 1.58. The minimum atomic E-state index is -4.53. The molecule has 0 amide bonds. The zero-order chi connectivity index (χ0) is 17.0. The fourth-order valence-electron chi connectivity index (χ4n) is 2.08. The van der Waals surface area contributed by atoms with Crippen molar-refractivity contribution in [2.45, 2.75) is 12.6 Å². The first-order chi connectivity index (χ1) is 11.5. The van der Waals surface area contributed by atoms with E-state index in [1.165, 1.54) is 12.4 Å². The van der Waals surface area contributed by atoms with Crippen LogP contribution in [-0.4, -0.2) is 21.5 Å². The van der Waals surface area contributed by atoms with Crippen LogP contribution in [0.25, 0.3) is 11.4 Å². The molecule has 0 aliphatic rings. The Hall–Kier alpha value is -2.48. The van der Waals surface area contributed by atoms with Crippen LogP contribution in [-0.2, 0) is 12.6 Å². The van der Waals surface area contributed by atoms with E-state index in [-0.39, 0.29) is 11.6 Å². The second-order valence-electron chi connectivity index (χ2n) is 5.00. The van der Waals surface area contributed by atoms with Gasteiger partial charge in [0.05, 0.1) is 0 Å². The van der Waals surface area contributed by atoms with Gasteiger partial charge in [-0.3, -0.25) is 4.98 Å². The second-order valence-corrected chi connectivity index (χ2v) is 5.78. The number of halogens is 3. The summed E-state index contributed by atoms with van der Waals surface area (Å²) in [6, 6.07) is 6.06. The maximum absolute atomic E-state index is 13.1. The highest BCUT2D eigenvalue weighted by Crippen LogP contribution is 2.30. The topological polar surface area (TPSA) is 50.7 Å². The molecular weight excluding hydrogens is 337 g/mol. The Labute approximate surface area is 140 Å². The third-order valence-electron chi connectivity index (χ3n) is 3.25. The van der Waals surface area contributed by atoms with E-state index in [1.807, 2.05) is 16.8 Å². The third kappa shape index (κ3) is 4.08. The predicted molar refractivity (Wildman–Crippen MR) is 86.8 cm³/mol. The van der Waals surface area contributed by atoms with Crippen LogP contribution in [0.5, 0.6) is 0 Å². The van der Waals surface area contributed by atoms with Gasteiger partial charge in [-0.15, -0.1) is 0 Å². The third-order valence-corrected chi connectivity index (χ3v) is 3.99. The molecule has 0 unspecified atom stereocenters. The number of hydrogen-bond donors (Lipinski definition) is 1. The average molecular weight is 350 g/mol. The van der Waals surface area contributed by atoms with Crippen molar-refractivity contribution >= 4 is 17.2 Å². The number of nitrogens with one attached hydrogen (secondary N) is 1. The molecule has 3 heterocycles. The highest BCUT2D eigenvalue weighted by molar-refractivity contribution is 7.07. The van der Waals surface area contributed by atoms with E-state index >= 15 is 0 Å². The van der Waals surface area contributed by atoms with Crippen molar-refractivity contribution in [1.82, 2.24) is 15.0 Å². The Morgan fingerprint density at radius 3 is 2.54 bits per heavy atom. The van der Waals surface area contributed by atoms with Crippen LogP contribution in [0.15, 0.2) is 47.4 Å². The SMILES string of the molecule is FC(F)(F)c1cc(NCCc2ccsc2)nc(-c2ccncc2)n1. The van der Waals surface area contributed by atoms with Gasteiger partial charge >= 0.3 is 6.18 Å². The molecular formula is C16H13F3N4S. The zero-order valence-electron chi connectivity index (χ0n) is 12.4. The molecule has 0 aliphatic heterocycles. The molecule has 3 aromatic heterocycles. The van der Waals surface area contributed by atoms with Crippen molar-refractivity contribution in [3.05, 3.63) is 58.7 Å². The monoisotopic (exact) mass is 350 g/mol. The van der Waals surface area contributed by atoms with Gasteiger partial charge in [-0.1, -0.05) is 0 Å². The lowest BCUT2D eigenvalue weighted by Gasteiger charge is -2.12. The number of rotatable bonds is 5. The van der Waals surface area contributed by atoms with Gasteiger partial charge < -0.3 is 5.32 Å². The molecule has 0 fully saturated rings. The maximum atomic E-state index is 13.1. The van der Waals surface area contributed by atoms with Gasteiger partial charge in [0.25, 0.3) is 0 Å². The normalized spacial score (nSPS) is 11.5. The standard InChI is InChI=1S/C16H13F3N4S/c17-16(18,19)13-9-14(21-7-1-11-4-8-24-10-11)23-15(22-13)12-2-5-20-6-3-12/h2-6,8-10H,1,7H2,(H,21,22,23). The first kappa shape index (κ1) is 16.4. The van der Waals surface area contributed by atoms with Crippen molar-refractivity contribution in [3.8, 4) is 11.4 Å². The van der Waals surface area contributed by atoms with Crippen LogP contribution < -0.4 is 5.32 Å². The highest BCUT2D eigenvalue weighted by atomic mass is 32.1. The Kier molecular flexibility index (Phi) is 4.75.